The molecule has 2 heterocycles. The molecule has 0 spiro atoms. The molecule has 2 amide bonds. The Bertz CT molecular complexity index is 763. The molecule has 0 aliphatic carbocycles. The van der Waals surface area contributed by atoms with E-state index in [4.69, 9.17) is 9.47 Å². The summed E-state index contributed by atoms with van der Waals surface area (Å²) in [6, 6.07) is 16.0. The second-order valence-electron chi connectivity index (χ2n) is 6.50. The molecule has 2 aliphatic rings. The standard InChI is InChI=1S/C20H22N2O3/c1-24-18-9-5-8-15-12-22(13-16(15)18)20(23)21-17-10-11-25-19(17)14-6-3-2-4-7-14/h2-9,17,19H,10-13H2,1H3,(H,21,23)/t17-,19+/m1/s1. The van der Waals surface area contributed by atoms with Crippen molar-refractivity contribution in [2.75, 3.05) is 13.7 Å². The van der Waals surface area contributed by atoms with Crippen molar-refractivity contribution in [3.05, 3.63) is 65.2 Å². The second-order valence-corrected chi connectivity index (χ2v) is 6.50. The van der Waals surface area contributed by atoms with E-state index in [1.54, 1.807) is 7.11 Å². The van der Waals surface area contributed by atoms with E-state index in [2.05, 4.69) is 11.4 Å². The molecule has 130 valence electrons. The lowest BCUT2D eigenvalue weighted by molar-refractivity contribution is 0.0980. The molecule has 0 saturated carbocycles. The number of rotatable bonds is 3. The van der Waals surface area contributed by atoms with Crippen LogP contribution in [0.15, 0.2) is 48.5 Å². The third kappa shape index (κ3) is 3.07. The Labute approximate surface area is 147 Å². The van der Waals surface area contributed by atoms with Gasteiger partial charge in [-0.05, 0) is 23.6 Å². The first kappa shape index (κ1) is 16.0. The zero-order chi connectivity index (χ0) is 17.2. The first-order valence-corrected chi connectivity index (χ1v) is 8.63. The van der Waals surface area contributed by atoms with Crippen LogP contribution < -0.4 is 10.1 Å². The average molecular weight is 338 g/mol. The fourth-order valence-corrected chi connectivity index (χ4v) is 3.68. The number of carbonyl (C=O) groups is 1. The maximum Gasteiger partial charge on any atom is 0.318 e. The van der Waals surface area contributed by atoms with E-state index in [0.717, 1.165) is 28.9 Å². The number of hydrogen-bond donors (Lipinski definition) is 1. The number of nitrogens with zero attached hydrogens (tertiary/aromatic N) is 1. The lowest BCUT2D eigenvalue weighted by Crippen LogP contribution is -2.43. The van der Waals surface area contributed by atoms with Gasteiger partial charge in [0.1, 0.15) is 11.9 Å². The van der Waals surface area contributed by atoms with E-state index in [0.29, 0.717) is 19.7 Å². The Hall–Kier alpha value is -2.53. The van der Waals surface area contributed by atoms with Crippen molar-refractivity contribution in [2.45, 2.75) is 31.7 Å². The van der Waals surface area contributed by atoms with Crippen LogP contribution in [-0.4, -0.2) is 30.7 Å². The maximum absolute atomic E-state index is 12.8. The Balaban J connectivity index is 1.44. The van der Waals surface area contributed by atoms with Gasteiger partial charge in [-0.3, -0.25) is 0 Å². The number of carbonyl (C=O) groups excluding carboxylic acids is 1. The number of benzene rings is 2. The van der Waals surface area contributed by atoms with E-state index in [1.807, 2.05) is 47.4 Å². The molecule has 0 bridgehead atoms. The summed E-state index contributed by atoms with van der Waals surface area (Å²) in [6.45, 7) is 1.86. The van der Waals surface area contributed by atoms with Crippen LogP contribution in [0, 0.1) is 0 Å². The van der Waals surface area contributed by atoms with Crippen molar-refractivity contribution >= 4 is 6.03 Å². The molecule has 2 aromatic rings. The largest absolute Gasteiger partial charge is 0.496 e. The monoisotopic (exact) mass is 338 g/mol. The minimum Gasteiger partial charge on any atom is -0.496 e. The predicted molar refractivity (Wildman–Crippen MR) is 94.3 cm³/mol. The molecule has 0 unspecified atom stereocenters. The van der Waals surface area contributed by atoms with Crippen LogP contribution in [0.3, 0.4) is 0 Å². The molecular weight excluding hydrogens is 316 g/mol. The third-order valence-electron chi connectivity index (χ3n) is 4.98. The highest BCUT2D eigenvalue weighted by atomic mass is 16.5. The van der Waals surface area contributed by atoms with Gasteiger partial charge < -0.3 is 19.7 Å². The molecular formula is C20H22N2O3. The summed E-state index contributed by atoms with van der Waals surface area (Å²) in [5.74, 6) is 0.846. The number of ether oxygens (including phenoxy) is 2. The van der Waals surface area contributed by atoms with Crippen LogP contribution >= 0.6 is 0 Å². The summed E-state index contributed by atoms with van der Waals surface area (Å²) < 4.78 is 11.3. The van der Waals surface area contributed by atoms with Crippen molar-refractivity contribution < 1.29 is 14.3 Å². The van der Waals surface area contributed by atoms with Gasteiger partial charge in [-0.15, -0.1) is 0 Å². The van der Waals surface area contributed by atoms with Crippen LogP contribution in [0.25, 0.3) is 0 Å². The molecule has 0 radical (unpaired) electrons. The molecule has 1 N–H and O–H groups in total. The van der Waals surface area contributed by atoms with Crippen LogP contribution in [-0.2, 0) is 17.8 Å². The quantitative estimate of drug-likeness (QED) is 0.935. The second kappa shape index (κ2) is 6.76. The summed E-state index contributed by atoms with van der Waals surface area (Å²) >= 11 is 0. The number of urea groups is 1. The lowest BCUT2D eigenvalue weighted by atomic mass is 10.0. The van der Waals surface area contributed by atoms with Gasteiger partial charge in [0.25, 0.3) is 0 Å². The Morgan fingerprint density at radius 3 is 2.80 bits per heavy atom. The minimum atomic E-state index is -0.0790. The van der Waals surface area contributed by atoms with Gasteiger partial charge >= 0.3 is 6.03 Å². The molecule has 4 rings (SSSR count). The van der Waals surface area contributed by atoms with Crippen LogP contribution in [0.5, 0.6) is 5.75 Å². The fraction of sp³-hybridized carbons (Fsp3) is 0.350. The highest BCUT2D eigenvalue weighted by molar-refractivity contribution is 5.76. The first-order valence-electron chi connectivity index (χ1n) is 8.63. The highest BCUT2D eigenvalue weighted by Gasteiger charge is 2.33. The van der Waals surface area contributed by atoms with Gasteiger partial charge in [0, 0.05) is 18.7 Å². The van der Waals surface area contributed by atoms with E-state index >= 15 is 0 Å². The van der Waals surface area contributed by atoms with Crippen molar-refractivity contribution in [2.24, 2.45) is 0 Å². The SMILES string of the molecule is COc1cccc2c1CN(C(=O)N[C@@H]1CCO[C@H]1c1ccccc1)C2. The maximum atomic E-state index is 12.8. The van der Waals surface area contributed by atoms with Crippen molar-refractivity contribution in [3.8, 4) is 5.75 Å². The average Bonchev–Trinajstić information content (AvgIpc) is 3.28. The summed E-state index contributed by atoms with van der Waals surface area (Å²) in [4.78, 5) is 14.6. The summed E-state index contributed by atoms with van der Waals surface area (Å²) in [5.41, 5.74) is 3.36. The number of amides is 2. The normalized spacial score (nSPS) is 21.9. The molecule has 25 heavy (non-hydrogen) atoms. The Morgan fingerprint density at radius 2 is 2.00 bits per heavy atom. The zero-order valence-corrected chi connectivity index (χ0v) is 14.3. The van der Waals surface area contributed by atoms with Gasteiger partial charge in [0.2, 0.25) is 0 Å². The summed E-state index contributed by atoms with van der Waals surface area (Å²) in [7, 11) is 1.67. The van der Waals surface area contributed by atoms with Gasteiger partial charge in [-0.1, -0.05) is 42.5 Å². The van der Waals surface area contributed by atoms with E-state index < -0.39 is 0 Å². The molecule has 1 saturated heterocycles. The van der Waals surface area contributed by atoms with Gasteiger partial charge in [0.05, 0.1) is 19.7 Å². The van der Waals surface area contributed by atoms with Gasteiger partial charge in [0.15, 0.2) is 0 Å². The molecule has 5 nitrogen and oxygen atoms in total. The smallest absolute Gasteiger partial charge is 0.318 e. The predicted octanol–water partition coefficient (Wildman–Crippen LogP) is 3.25. The highest BCUT2D eigenvalue weighted by Crippen LogP contribution is 2.32. The first-order chi connectivity index (χ1) is 12.3. The molecule has 2 aliphatic heterocycles. The Kier molecular flexibility index (Phi) is 4.32. The lowest BCUT2D eigenvalue weighted by Gasteiger charge is -2.24. The van der Waals surface area contributed by atoms with Crippen molar-refractivity contribution in [1.82, 2.24) is 10.2 Å². The molecule has 0 aromatic heterocycles. The summed E-state index contributed by atoms with van der Waals surface area (Å²) in [6.07, 6.45) is 0.750. The zero-order valence-electron chi connectivity index (χ0n) is 14.3. The summed E-state index contributed by atoms with van der Waals surface area (Å²) in [5, 5.41) is 3.16. The van der Waals surface area contributed by atoms with E-state index in [9.17, 15) is 4.79 Å². The van der Waals surface area contributed by atoms with Crippen LogP contribution in [0.1, 0.15) is 29.2 Å². The Morgan fingerprint density at radius 1 is 1.16 bits per heavy atom. The number of fused-ring (bicyclic) bond motifs is 1. The minimum absolute atomic E-state index is 0.000470. The van der Waals surface area contributed by atoms with Gasteiger partial charge in [-0.25, -0.2) is 4.79 Å². The molecule has 5 heteroatoms. The topological polar surface area (TPSA) is 50.8 Å². The van der Waals surface area contributed by atoms with Crippen LogP contribution in [0.2, 0.25) is 0 Å². The van der Waals surface area contributed by atoms with Crippen molar-refractivity contribution in [1.29, 1.82) is 0 Å². The molecule has 2 atom stereocenters. The third-order valence-corrected chi connectivity index (χ3v) is 4.98. The number of hydrogen-bond acceptors (Lipinski definition) is 3. The van der Waals surface area contributed by atoms with Gasteiger partial charge in [-0.2, -0.15) is 0 Å². The van der Waals surface area contributed by atoms with E-state index in [1.165, 1.54) is 0 Å². The number of nitrogens with one attached hydrogen (secondary N) is 1. The van der Waals surface area contributed by atoms with Crippen molar-refractivity contribution in [3.63, 3.8) is 0 Å². The number of methoxy groups -OCH3 is 1. The van der Waals surface area contributed by atoms with Crippen LogP contribution in [0.4, 0.5) is 4.79 Å². The molecule has 2 aromatic carbocycles. The van der Waals surface area contributed by atoms with E-state index in [-0.39, 0.29) is 18.2 Å². The molecule has 1 fully saturated rings. The fourth-order valence-electron chi connectivity index (χ4n) is 3.68.